The molecule has 0 aromatic heterocycles. The third kappa shape index (κ3) is 17.8. The summed E-state index contributed by atoms with van der Waals surface area (Å²) in [7, 11) is 0. The van der Waals surface area contributed by atoms with Crippen molar-refractivity contribution in [3.05, 3.63) is 24.8 Å². The van der Waals surface area contributed by atoms with Gasteiger partial charge in [-0.1, -0.05) is 102 Å². The highest BCUT2D eigenvalue weighted by Crippen LogP contribution is 2.16. The molecule has 0 aliphatic carbocycles. The molecule has 0 aliphatic rings. The second-order valence-electron chi connectivity index (χ2n) is 7.62. The average molecular weight is 365 g/mol. The van der Waals surface area contributed by atoms with Gasteiger partial charge < -0.3 is 5.11 Å². The molecule has 1 unspecified atom stereocenters. The number of rotatable bonds is 20. The average Bonchev–Trinajstić information content (AvgIpc) is 2.63. The van der Waals surface area contributed by atoms with Crippen LogP contribution in [0.15, 0.2) is 24.8 Å². The topological polar surface area (TPSA) is 37.3 Å². The molecule has 0 aliphatic heterocycles. The number of hydrogen-bond acceptors (Lipinski definition) is 1. The van der Waals surface area contributed by atoms with Crippen LogP contribution in [0.4, 0.5) is 0 Å². The third-order valence-electron chi connectivity index (χ3n) is 5.08. The summed E-state index contributed by atoms with van der Waals surface area (Å²) in [5.74, 6) is -0.951. The van der Waals surface area contributed by atoms with E-state index >= 15 is 0 Å². The molecule has 0 saturated carbocycles. The van der Waals surface area contributed by atoms with Crippen LogP contribution >= 0.6 is 0 Å². The van der Waals surface area contributed by atoms with E-state index < -0.39 is 5.97 Å². The molecule has 0 aromatic rings. The Bertz CT molecular complexity index is 346. The highest BCUT2D eigenvalue weighted by Gasteiger charge is 2.12. The zero-order valence-corrected chi connectivity index (χ0v) is 17.4. The number of aliphatic carboxylic acids is 1. The molecule has 0 rings (SSSR count). The first-order chi connectivity index (χ1) is 12.7. The van der Waals surface area contributed by atoms with Crippen LogP contribution in [-0.2, 0) is 4.79 Å². The summed E-state index contributed by atoms with van der Waals surface area (Å²) in [5, 5.41) is 9.36. The van der Waals surface area contributed by atoms with Crippen LogP contribution in [0.2, 0.25) is 0 Å². The Labute approximate surface area is 163 Å². The minimum Gasteiger partial charge on any atom is -0.481 e. The van der Waals surface area contributed by atoms with E-state index in [4.69, 9.17) is 0 Å². The summed E-state index contributed by atoms with van der Waals surface area (Å²) in [6.45, 7) is 5.99. The predicted octanol–water partition coefficient (Wildman–Crippen LogP) is 8.08. The van der Waals surface area contributed by atoms with E-state index in [9.17, 15) is 9.90 Å². The summed E-state index contributed by atoms with van der Waals surface area (Å²) in [5.41, 5.74) is 0. The SMILES string of the molecule is C=CCCCCCCCCC(C=CCCCCCCCCCC)C(=O)O. The van der Waals surface area contributed by atoms with Crippen molar-refractivity contribution in [2.75, 3.05) is 0 Å². The van der Waals surface area contributed by atoms with Gasteiger partial charge in [0.25, 0.3) is 0 Å². The first kappa shape index (κ1) is 24.9. The van der Waals surface area contributed by atoms with Gasteiger partial charge in [0.2, 0.25) is 0 Å². The minimum absolute atomic E-state index is 0.287. The van der Waals surface area contributed by atoms with E-state index in [-0.39, 0.29) is 5.92 Å². The van der Waals surface area contributed by atoms with E-state index in [0.29, 0.717) is 0 Å². The second-order valence-corrected chi connectivity index (χ2v) is 7.62. The number of allylic oxidation sites excluding steroid dienone is 2. The van der Waals surface area contributed by atoms with Crippen molar-refractivity contribution in [2.45, 2.75) is 116 Å². The molecule has 1 atom stereocenters. The van der Waals surface area contributed by atoms with Crippen LogP contribution in [0.25, 0.3) is 0 Å². The highest BCUT2D eigenvalue weighted by molar-refractivity contribution is 5.72. The monoisotopic (exact) mass is 364 g/mol. The molecule has 0 bridgehead atoms. The van der Waals surface area contributed by atoms with Gasteiger partial charge in [0.15, 0.2) is 0 Å². The summed E-state index contributed by atoms with van der Waals surface area (Å²) >= 11 is 0. The van der Waals surface area contributed by atoms with E-state index in [0.717, 1.165) is 32.1 Å². The number of carboxylic acids is 1. The summed E-state index contributed by atoms with van der Waals surface area (Å²) < 4.78 is 0. The zero-order chi connectivity index (χ0) is 19.3. The van der Waals surface area contributed by atoms with E-state index in [1.165, 1.54) is 77.0 Å². The van der Waals surface area contributed by atoms with Crippen LogP contribution < -0.4 is 0 Å². The Kier molecular flexibility index (Phi) is 19.4. The van der Waals surface area contributed by atoms with Crippen molar-refractivity contribution in [1.82, 2.24) is 0 Å². The van der Waals surface area contributed by atoms with Gasteiger partial charge in [-0.25, -0.2) is 0 Å². The molecule has 0 radical (unpaired) electrons. The Morgan fingerprint density at radius 3 is 1.85 bits per heavy atom. The van der Waals surface area contributed by atoms with Crippen LogP contribution in [0.1, 0.15) is 116 Å². The van der Waals surface area contributed by atoms with Gasteiger partial charge in [0.05, 0.1) is 5.92 Å². The fourth-order valence-corrected chi connectivity index (χ4v) is 3.32. The Balaban J connectivity index is 3.61. The Morgan fingerprint density at radius 1 is 0.808 bits per heavy atom. The van der Waals surface area contributed by atoms with Crippen LogP contribution in [0, 0.1) is 5.92 Å². The van der Waals surface area contributed by atoms with E-state index in [1.54, 1.807) is 0 Å². The van der Waals surface area contributed by atoms with Crippen LogP contribution in [-0.4, -0.2) is 11.1 Å². The van der Waals surface area contributed by atoms with Gasteiger partial charge in [0.1, 0.15) is 0 Å². The normalized spacial score (nSPS) is 12.5. The molecule has 0 spiro atoms. The minimum atomic E-state index is -0.664. The van der Waals surface area contributed by atoms with Crippen LogP contribution in [0.3, 0.4) is 0 Å². The first-order valence-electron chi connectivity index (χ1n) is 11.2. The molecule has 152 valence electrons. The second kappa shape index (κ2) is 20.3. The van der Waals surface area contributed by atoms with Gasteiger partial charge in [-0.2, -0.15) is 0 Å². The number of carbonyl (C=O) groups is 1. The van der Waals surface area contributed by atoms with Crippen LogP contribution in [0.5, 0.6) is 0 Å². The summed E-state index contributed by atoms with van der Waals surface area (Å²) in [4.78, 5) is 11.4. The Morgan fingerprint density at radius 2 is 1.31 bits per heavy atom. The maximum absolute atomic E-state index is 11.4. The van der Waals surface area contributed by atoms with Gasteiger partial charge in [-0.05, 0) is 32.1 Å². The van der Waals surface area contributed by atoms with Crippen molar-refractivity contribution in [1.29, 1.82) is 0 Å². The van der Waals surface area contributed by atoms with Crippen molar-refractivity contribution >= 4 is 5.97 Å². The lowest BCUT2D eigenvalue weighted by atomic mass is 9.99. The largest absolute Gasteiger partial charge is 0.481 e. The maximum atomic E-state index is 11.4. The maximum Gasteiger partial charge on any atom is 0.310 e. The standard InChI is InChI=1S/C24H44O2/c1-3-5-7-9-11-13-14-16-18-20-22-23(24(25)26)21-19-17-15-12-10-8-6-4-2/h4,20,22-23H,2-3,5-19,21H2,1H3,(H,25,26). The van der Waals surface area contributed by atoms with Crippen molar-refractivity contribution in [3.8, 4) is 0 Å². The lowest BCUT2D eigenvalue weighted by Crippen LogP contribution is -2.10. The van der Waals surface area contributed by atoms with Gasteiger partial charge >= 0.3 is 5.97 Å². The summed E-state index contributed by atoms with van der Waals surface area (Å²) in [6.07, 6.45) is 26.7. The van der Waals surface area contributed by atoms with Gasteiger partial charge in [-0.15, -0.1) is 6.58 Å². The molecule has 0 fully saturated rings. The van der Waals surface area contributed by atoms with Gasteiger partial charge in [-0.3, -0.25) is 4.79 Å². The third-order valence-corrected chi connectivity index (χ3v) is 5.08. The molecule has 26 heavy (non-hydrogen) atoms. The fourth-order valence-electron chi connectivity index (χ4n) is 3.32. The van der Waals surface area contributed by atoms with Gasteiger partial charge in [0, 0.05) is 0 Å². The highest BCUT2D eigenvalue weighted by atomic mass is 16.4. The molecule has 0 saturated heterocycles. The van der Waals surface area contributed by atoms with Crippen molar-refractivity contribution < 1.29 is 9.90 Å². The number of hydrogen-bond donors (Lipinski definition) is 1. The molecule has 0 aromatic carbocycles. The molecule has 0 amide bonds. The Hall–Kier alpha value is -1.05. The van der Waals surface area contributed by atoms with Crippen molar-refractivity contribution in [3.63, 3.8) is 0 Å². The lowest BCUT2D eigenvalue weighted by Gasteiger charge is -2.07. The molecular weight excluding hydrogens is 320 g/mol. The molecule has 2 nitrogen and oxygen atoms in total. The lowest BCUT2D eigenvalue weighted by molar-refractivity contribution is -0.140. The fraction of sp³-hybridized carbons (Fsp3) is 0.792. The van der Waals surface area contributed by atoms with E-state index in [2.05, 4.69) is 19.6 Å². The van der Waals surface area contributed by atoms with E-state index in [1.807, 2.05) is 12.2 Å². The smallest absolute Gasteiger partial charge is 0.310 e. The quantitative estimate of drug-likeness (QED) is 0.175. The summed E-state index contributed by atoms with van der Waals surface area (Å²) in [6, 6.07) is 0. The first-order valence-corrected chi connectivity index (χ1v) is 11.2. The predicted molar refractivity (Wildman–Crippen MR) is 115 cm³/mol. The molecule has 2 heteroatoms. The zero-order valence-electron chi connectivity index (χ0n) is 17.4. The molecule has 0 heterocycles. The molecular formula is C24H44O2. The number of unbranched alkanes of at least 4 members (excludes halogenated alkanes) is 14. The molecule has 1 N–H and O–H groups in total. The number of carboxylic acid groups (broad SMARTS) is 1. The van der Waals surface area contributed by atoms with Crippen molar-refractivity contribution in [2.24, 2.45) is 5.92 Å².